The second kappa shape index (κ2) is 9.76. The number of ether oxygens (including phenoxy) is 1. The summed E-state index contributed by atoms with van der Waals surface area (Å²) in [5.41, 5.74) is 2.53. The molecule has 0 fully saturated rings. The van der Waals surface area contributed by atoms with Gasteiger partial charge >= 0.3 is 0 Å². The zero-order valence-corrected chi connectivity index (χ0v) is 19.6. The van der Waals surface area contributed by atoms with Crippen LogP contribution in [0.2, 0.25) is 5.02 Å². The summed E-state index contributed by atoms with van der Waals surface area (Å²) in [4.78, 5) is 27.6. The van der Waals surface area contributed by atoms with E-state index in [1.54, 1.807) is 24.3 Å². The summed E-state index contributed by atoms with van der Waals surface area (Å²) in [5.74, 6) is 0.579. The maximum atomic E-state index is 13.5. The maximum absolute atomic E-state index is 13.5. The van der Waals surface area contributed by atoms with Gasteiger partial charge in [-0.25, -0.2) is 0 Å². The average Bonchev–Trinajstić information content (AvgIpc) is 3.12. The van der Waals surface area contributed by atoms with Crippen LogP contribution in [0.25, 0.3) is 0 Å². The predicted octanol–water partition coefficient (Wildman–Crippen LogP) is 6.43. The number of benzene rings is 2. The van der Waals surface area contributed by atoms with Crippen LogP contribution in [0, 0.1) is 5.92 Å². The predicted molar refractivity (Wildman–Crippen MR) is 130 cm³/mol. The summed E-state index contributed by atoms with van der Waals surface area (Å²) in [6, 6.07) is 14.2. The van der Waals surface area contributed by atoms with Crippen molar-refractivity contribution in [1.82, 2.24) is 0 Å². The lowest BCUT2D eigenvalue weighted by Gasteiger charge is -2.19. The largest absolute Gasteiger partial charge is 0.492 e. The van der Waals surface area contributed by atoms with E-state index < -0.39 is 0 Å². The minimum Gasteiger partial charge on any atom is -0.492 e. The Kier molecular flexibility index (Phi) is 6.82. The van der Waals surface area contributed by atoms with E-state index in [0.29, 0.717) is 45.1 Å². The Labute approximate surface area is 196 Å². The van der Waals surface area contributed by atoms with E-state index in [1.165, 1.54) is 11.3 Å². The molecular formula is C25H25ClN2O3S. The summed E-state index contributed by atoms with van der Waals surface area (Å²) in [6.45, 7) is 4.61. The van der Waals surface area contributed by atoms with Gasteiger partial charge in [-0.05, 0) is 61.9 Å². The smallest absolute Gasteiger partial charge is 0.259 e. The normalized spacial score (nSPS) is 15.0. The first-order chi connectivity index (χ1) is 15.5. The van der Waals surface area contributed by atoms with Crippen LogP contribution >= 0.6 is 22.9 Å². The minimum absolute atomic E-state index is 0.251. The van der Waals surface area contributed by atoms with E-state index in [9.17, 15) is 9.59 Å². The molecule has 0 radical (unpaired) electrons. The van der Waals surface area contributed by atoms with E-state index >= 15 is 0 Å². The number of anilines is 2. The van der Waals surface area contributed by atoms with Crippen molar-refractivity contribution in [3.8, 4) is 5.75 Å². The molecule has 3 aromatic rings. The molecule has 166 valence electrons. The van der Waals surface area contributed by atoms with Gasteiger partial charge in [0.25, 0.3) is 11.8 Å². The molecule has 0 aliphatic heterocycles. The van der Waals surface area contributed by atoms with Crippen LogP contribution in [0.15, 0.2) is 48.5 Å². The quantitative estimate of drug-likeness (QED) is 0.438. The van der Waals surface area contributed by atoms with Gasteiger partial charge in [0.1, 0.15) is 10.8 Å². The number of hydrogen-bond donors (Lipinski definition) is 2. The van der Waals surface area contributed by atoms with Crippen molar-refractivity contribution >= 4 is 45.4 Å². The molecule has 2 amide bonds. The summed E-state index contributed by atoms with van der Waals surface area (Å²) in [6.07, 6.45) is 2.72. The van der Waals surface area contributed by atoms with E-state index in [4.69, 9.17) is 16.3 Å². The Hall–Kier alpha value is -2.83. The van der Waals surface area contributed by atoms with Gasteiger partial charge < -0.3 is 15.4 Å². The zero-order valence-electron chi connectivity index (χ0n) is 18.0. The lowest BCUT2D eigenvalue weighted by Crippen LogP contribution is -2.20. The molecule has 2 N–H and O–H groups in total. The second-order valence-electron chi connectivity index (χ2n) is 7.87. The van der Waals surface area contributed by atoms with E-state index in [-0.39, 0.29) is 11.8 Å². The zero-order chi connectivity index (χ0) is 22.7. The van der Waals surface area contributed by atoms with Crippen LogP contribution in [0.3, 0.4) is 0 Å². The van der Waals surface area contributed by atoms with Crippen molar-refractivity contribution in [2.24, 2.45) is 5.92 Å². The molecule has 1 aliphatic rings. The molecule has 1 aliphatic carbocycles. The molecule has 0 unspecified atom stereocenters. The van der Waals surface area contributed by atoms with Crippen molar-refractivity contribution in [3.63, 3.8) is 0 Å². The molecule has 1 atom stereocenters. The number of para-hydroxylation sites is 2. The molecule has 5 nitrogen and oxygen atoms in total. The molecule has 32 heavy (non-hydrogen) atoms. The van der Waals surface area contributed by atoms with Gasteiger partial charge in [0.2, 0.25) is 0 Å². The highest BCUT2D eigenvalue weighted by atomic mass is 35.5. The summed E-state index contributed by atoms with van der Waals surface area (Å²) in [5, 5.41) is 6.87. The summed E-state index contributed by atoms with van der Waals surface area (Å²) in [7, 11) is 0. The molecule has 0 saturated carbocycles. The molecule has 0 bridgehead atoms. The average molecular weight is 469 g/mol. The molecule has 1 aromatic heterocycles. The molecule has 7 heteroatoms. The van der Waals surface area contributed by atoms with E-state index in [2.05, 4.69) is 17.6 Å². The number of fused-ring (bicyclic) bond motifs is 1. The van der Waals surface area contributed by atoms with Gasteiger partial charge in [-0.3, -0.25) is 9.59 Å². The van der Waals surface area contributed by atoms with Crippen molar-refractivity contribution in [3.05, 3.63) is 75.1 Å². The molecular weight excluding hydrogens is 444 g/mol. The Morgan fingerprint density at radius 2 is 1.84 bits per heavy atom. The number of thiophene rings is 1. The van der Waals surface area contributed by atoms with Gasteiger partial charge in [0, 0.05) is 4.88 Å². The van der Waals surface area contributed by atoms with Crippen molar-refractivity contribution in [2.75, 3.05) is 17.2 Å². The third-order valence-electron chi connectivity index (χ3n) is 5.52. The summed E-state index contributed by atoms with van der Waals surface area (Å²) < 4.78 is 5.65. The van der Waals surface area contributed by atoms with Crippen LogP contribution in [-0.2, 0) is 12.8 Å². The Morgan fingerprint density at radius 3 is 2.62 bits per heavy atom. The number of carbonyl (C=O) groups is 2. The minimum atomic E-state index is -0.328. The molecule has 0 spiro atoms. The van der Waals surface area contributed by atoms with Crippen LogP contribution < -0.4 is 15.4 Å². The lowest BCUT2D eigenvalue weighted by molar-refractivity contribution is 0.102. The Bertz CT molecular complexity index is 1160. The van der Waals surface area contributed by atoms with Gasteiger partial charge in [-0.15, -0.1) is 11.3 Å². The number of amides is 2. The van der Waals surface area contributed by atoms with Gasteiger partial charge in [-0.2, -0.15) is 0 Å². The number of rotatable bonds is 6. The molecule has 2 aromatic carbocycles. The van der Waals surface area contributed by atoms with Crippen molar-refractivity contribution in [1.29, 1.82) is 0 Å². The lowest BCUT2D eigenvalue weighted by atomic mass is 9.88. The van der Waals surface area contributed by atoms with Crippen LogP contribution in [0.1, 0.15) is 51.4 Å². The van der Waals surface area contributed by atoms with Crippen LogP contribution in [-0.4, -0.2) is 18.4 Å². The fraction of sp³-hybridized carbons (Fsp3) is 0.280. The van der Waals surface area contributed by atoms with Gasteiger partial charge in [0.15, 0.2) is 0 Å². The number of halogens is 1. The highest BCUT2D eigenvalue weighted by molar-refractivity contribution is 7.17. The third-order valence-corrected chi connectivity index (χ3v) is 7.02. The first-order valence-corrected chi connectivity index (χ1v) is 11.9. The van der Waals surface area contributed by atoms with Crippen LogP contribution in [0.4, 0.5) is 10.7 Å². The highest BCUT2D eigenvalue weighted by Crippen LogP contribution is 2.40. The fourth-order valence-electron chi connectivity index (χ4n) is 3.93. The van der Waals surface area contributed by atoms with Crippen LogP contribution in [0.5, 0.6) is 5.75 Å². The maximum Gasteiger partial charge on any atom is 0.259 e. The first-order valence-electron chi connectivity index (χ1n) is 10.7. The highest BCUT2D eigenvalue weighted by Gasteiger charge is 2.29. The topological polar surface area (TPSA) is 67.4 Å². The molecule has 4 rings (SSSR count). The number of carbonyl (C=O) groups excluding carboxylic acids is 2. The van der Waals surface area contributed by atoms with Gasteiger partial charge in [-0.1, -0.05) is 42.8 Å². The first kappa shape index (κ1) is 22.4. The van der Waals surface area contributed by atoms with E-state index in [0.717, 1.165) is 29.7 Å². The summed E-state index contributed by atoms with van der Waals surface area (Å²) >= 11 is 7.69. The Morgan fingerprint density at radius 1 is 1.09 bits per heavy atom. The van der Waals surface area contributed by atoms with Gasteiger partial charge in [0.05, 0.1) is 28.4 Å². The van der Waals surface area contributed by atoms with Crippen molar-refractivity contribution < 1.29 is 14.3 Å². The van der Waals surface area contributed by atoms with E-state index in [1.807, 2.05) is 31.2 Å². The second-order valence-corrected chi connectivity index (χ2v) is 9.39. The number of hydrogen-bond acceptors (Lipinski definition) is 4. The fourth-order valence-corrected chi connectivity index (χ4v) is 5.56. The van der Waals surface area contributed by atoms with Crippen molar-refractivity contribution in [2.45, 2.75) is 33.1 Å². The number of nitrogens with one attached hydrogen (secondary N) is 2. The third kappa shape index (κ3) is 4.66. The molecule has 1 heterocycles. The Balaban J connectivity index is 1.68. The monoisotopic (exact) mass is 468 g/mol. The standard InChI is InChI=1S/C25H25ClN2O3S/c1-3-31-20-11-7-6-10-19(20)27-24(30)22-17-13-12-15(2)14-21(17)32-25(22)28-23(29)16-8-4-5-9-18(16)26/h4-11,15H,3,12-14H2,1-2H3,(H,27,30)(H,28,29)/t15-/m0/s1. The SMILES string of the molecule is CCOc1ccccc1NC(=O)c1c(NC(=O)c2ccccc2Cl)sc2c1CC[C@H](C)C2. The molecule has 0 saturated heterocycles.